The van der Waals surface area contributed by atoms with Gasteiger partial charge in [0.05, 0.1) is 0 Å². The Labute approximate surface area is 94.5 Å². The first-order chi connectivity index (χ1) is 7.07. The minimum atomic E-state index is 0.368. The predicted octanol–water partition coefficient (Wildman–Crippen LogP) is 4.87. The van der Waals surface area contributed by atoms with Gasteiger partial charge < -0.3 is 0 Å². The zero-order valence-corrected chi connectivity index (χ0v) is 10.5. The van der Waals surface area contributed by atoms with Crippen molar-refractivity contribution in [3.05, 3.63) is 23.3 Å². The van der Waals surface area contributed by atoms with Gasteiger partial charge >= 0.3 is 0 Å². The maximum atomic E-state index is 2.50. The summed E-state index contributed by atoms with van der Waals surface area (Å²) < 4.78 is 0. The molecule has 0 unspecified atom stereocenters. The van der Waals surface area contributed by atoms with E-state index in [-0.39, 0.29) is 0 Å². The van der Waals surface area contributed by atoms with E-state index in [1.165, 1.54) is 38.5 Å². The molecule has 0 N–H and O–H groups in total. The molecule has 2 aliphatic rings. The largest absolute Gasteiger partial charge is 0.0769 e. The molecular formula is C15H24. The van der Waals surface area contributed by atoms with Crippen molar-refractivity contribution in [3.63, 3.8) is 0 Å². The molecule has 2 rings (SSSR count). The molecule has 0 heteroatoms. The molecule has 0 aromatic rings. The van der Waals surface area contributed by atoms with Crippen molar-refractivity contribution < 1.29 is 0 Å². The average Bonchev–Trinajstić information content (AvgIpc) is 2.67. The van der Waals surface area contributed by atoms with Crippen molar-refractivity contribution >= 4 is 0 Å². The molecule has 1 fully saturated rings. The summed E-state index contributed by atoms with van der Waals surface area (Å²) in [5.74, 6) is 0.888. The van der Waals surface area contributed by atoms with Gasteiger partial charge in [0.25, 0.3) is 0 Å². The zero-order valence-electron chi connectivity index (χ0n) is 10.5. The Kier molecular flexibility index (Phi) is 3.04. The fourth-order valence-corrected chi connectivity index (χ4v) is 2.79. The topological polar surface area (TPSA) is 0 Å². The van der Waals surface area contributed by atoms with E-state index in [0.29, 0.717) is 5.41 Å². The Balaban J connectivity index is 2.03. The lowest BCUT2D eigenvalue weighted by Gasteiger charge is -2.23. The lowest BCUT2D eigenvalue weighted by Crippen LogP contribution is -2.09. The average molecular weight is 204 g/mol. The molecule has 15 heavy (non-hydrogen) atoms. The van der Waals surface area contributed by atoms with Crippen LogP contribution in [0.5, 0.6) is 0 Å². The summed E-state index contributed by atoms with van der Waals surface area (Å²) in [7, 11) is 0. The second-order valence-corrected chi connectivity index (χ2v) is 6.16. The summed E-state index contributed by atoms with van der Waals surface area (Å²) in [6, 6.07) is 0. The highest BCUT2D eigenvalue weighted by Crippen LogP contribution is 2.39. The summed E-state index contributed by atoms with van der Waals surface area (Å²) in [6.45, 7) is 6.99. The molecule has 0 spiro atoms. The molecule has 0 aliphatic heterocycles. The molecule has 84 valence electrons. The minimum absolute atomic E-state index is 0.368. The van der Waals surface area contributed by atoms with Gasteiger partial charge in [-0.15, -0.1) is 0 Å². The molecule has 0 radical (unpaired) electrons. The Morgan fingerprint density at radius 2 is 1.73 bits per heavy atom. The van der Waals surface area contributed by atoms with Gasteiger partial charge in [0.2, 0.25) is 0 Å². The summed E-state index contributed by atoms with van der Waals surface area (Å²) in [6.07, 6.45) is 13.4. The lowest BCUT2D eigenvalue weighted by molar-refractivity contribution is 0.408. The van der Waals surface area contributed by atoms with Crippen LogP contribution in [0.3, 0.4) is 0 Å². The number of hydrogen-bond donors (Lipinski definition) is 0. The van der Waals surface area contributed by atoms with Crippen molar-refractivity contribution in [1.82, 2.24) is 0 Å². The highest BCUT2D eigenvalue weighted by Gasteiger charge is 2.24. The molecule has 0 heterocycles. The smallest absolute Gasteiger partial charge is 0.0124 e. The first-order valence-electron chi connectivity index (χ1n) is 6.48. The molecule has 0 saturated heterocycles. The Bertz CT molecular complexity index is 280. The second-order valence-electron chi connectivity index (χ2n) is 6.16. The zero-order chi connectivity index (χ0) is 10.9. The highest BCUT2D eigenvalue weighted by atomic mass is 14.3. The third kappa shape index (κ3) is 2.53. The quantitative estimate of drug-likeness (QED) is 0.571. The molecule has 0 amide bonds. The summed E-state index contributed by atoms with van der Waals surface area (Å²) in [5, 5.41) is 0. The number of allylic oxidation sites excluding steroid dienone is 4. The van der Waals surface area contributed by atoms with Crippen LogP contribution in [-0.2, 0) is 0 Å². The van der Waals surface area contributed by atoms with Crippen LogP contribution in [0.25, 0.3) is 0 Å². The van der Waals surface area contributed by atoms with Gasteiger partial charge in [0.1, 0.15) is 0 Å². The van der Waals surface area contributed by atoms with Gasteiger partial charge in [-0.3, -0.25) is 0 Å². The third-order valence-corrected chi connectivity index (χ3v) is 3.94. The first kappa shape index (κ1) is 11.0. The van der Waals surface area contributed by atoms with E-state index < -0.39 is 0 Å². The van der Waals surface area contributed by atoms with Crippen LogP contribution in [0.1, 0.15) is 59.3 Å². The van der Waals surface area contributed by atoms with E-state index in [1.807, 2.05) is 0 Å². The highest BCUT2D eigenvalue weighted by molar-refractivity contribution is 5.37. The minimum Gasteiger partial charge on any atom is -0.0769 e. The normalized spacial score (nSPS) is 23.9. The number of rotatable bonds is 1. The van der Waals surface area contributed by atoms with E-state index >= 15 is 0 Å². The van der Waals surface area contributed by atoms with Crippen molar-refractivity contribution in [3.8, 4) is 0 Å². The maximum absolute atomic E-state index is 2.50. The van der Waals surface area contributed by atoms with Crippen molar-refractivity contribution in [2.75, 3.05) is 0 Å². The summed E-state index contributed by atoms with van der Waals surface area (Å²) >= 11 is 0. The van der Waals surface area contributed by atoms with Crippen LogP contribution in [-0.4, -0.2) is 0 Å². The first-order valence-corrected chi connectivity index (χ1v) is 6.48. The Hall–Kier alpha value is -0.520. The molecule has 2 aliphatic carbocycles. The van der Waals surface area contributed by atoms with Crippen LogP contribution < -0.4 is 0 Å². The molecule has 0 bridgehead atoms. The lowest BCUT2D eigenvalue weighted by atomic mass is 9.83. The second kappa shape index (κ2) is 4.15. The summed E-state index contributed by atoms with van der Waals surface area (Å²) in [5.41, 5.74) is 3.65. The van der Waals surface area contributed by atoms with Crippen LogP contribution in [0.15, 0.2) is 23.3 Å². The molecular weight excluding hydrogens is 180 g/mol. The molecule has 0 nitrogen and oxygen atoms in total. The monoisotopic (exact) mass is 204 g/mol. The SMILES string of the molecule is CC(C)(C)C1=CC(C2CCCCC2)=CC1. The van der Waals surface area contributed by atoms with Crippen LogP contribution in [0, 0.1) is 11.3 Å². The van der Waals surface area contributed by atoms with Crippen molar-refractivity contribution in [1.29, 1.82) is 0 Å². The van der Waals surface area contributed by atoms with Gasteiger partial charge in [-0.1, -0.05) is 57.8 Å². The molecule has 0 aromatic heterocycles. The summed E-state index contributed by atoms with van der Waals surface area (Å²) in [4.78, 5) is 0. The van der Waals surface area contributed by atoms with E-state index in [4.69, 9.17) is 0 Å². The fourth-order valence-electron chi connectivity index (χ4n) is 2.79. The van der Waals surface area contributed by atoms with E-state index in [9.17, 15) is 0 Å². The van der Waals surface area contributed by atoms with Gasteiger partial charge in [-0.25, -0.2) is 0 Å². The van der Waals surface area contributed by atoms with Crippen LogP contribution >= 0.6 is 0 Å². The van der Waals surface area contributed by atoms with Gasteiger partial charge in [-0.2, -0.15) is 0 Å². The predicted molar refractivity (Wildman–Crippen MR) is 66.8 cm³/mol. The molecule has 1 saturated carbocycles. The van der Waals surface area contributed by atoms with Crippen molar-refractivity contribution in [2.45, 2.75) is 59.3 Å². The van der Waals surface area contributed by atoms with E-state index in [1.54, 1.807) is 11.1 Å². The molecule has 0 atom stereocenters. The molecule has 0 aromatic carbocycles. The van der Waals surface area contributed by atoms with Crippen LogP contribution in [0.2, 0.25) is 0 Å². The van der Waals surface area contributed by atoms with E-state index in [0.717, 1.165) is 5.92 Å². The Morgan fingerprint density at radius 1 is 1.07 bits per heavy atom. The van der Waals surface area contributed by atoms with Gasteiger partial charge in [0.15, 0.2) is 0 Å². The Morgan fingerprint density at radius 3 is 2.27 bits per heavy atom. The standard InChI is InChI=1S/C15H24/c1-15(2,3)14-10-9-13(11-14)12-7-5-4-6-8-12/h9,11-12H,4-8,10H2,1-3H3. The number of hydrogen-bond acceptors (Lipinski definition) is 0. The maximum Gasteiger partial charge on any atom is -0.0124 e. The van der Waals surface area contributed by atoms with Crippen LogP contribution in [0.4, 0.5) is 0 Å². The third-order valence-electron chi connectivity index (χ3n) is 3.94. The van der Waals surface area contributed by atoms with Gasteiger partial charge in [0, 0.05) is 0 Å². The van der Waals surface area contributed by atoms with Crippen molar-refractivity contribution in [2.24, 2.45) is 11.3 Å². The van der Waals surface area contributed by atoms with Gasteiger partial charge in [-0.05, 0) is 36.2 Å². The fraction of sp³-hybridized carbons (Fsp3) is 0.733. The van der Waals surface area contributed by atoms with E-state index in [2.05, 4.69) is 32.9 Å².